The lowest BCUT2D eigenvalue weighted by Crippen LogP contribution is -2.46. The molecule has 1 aliphatic carbocycles. The van der Waals surface area contributed by atoms with Gasteiger partial charge in [0.25, 0.3) is 0 Å². The molecule has 2 fully saturated rings. The van der Waals surface area contributed by atoms with Crippen LogP contribution in [0.1, 0.15) is 93.9 Å². The van der Waals surface area contributed by atoms with Crippen molar-refractivity contribution in [3.63, 3.8) is 0 Å². The highest BCUT2D eigenvalue weighted by Crippen LogP contribution is 2.37. The molecule has 154 valence electrons. The van der Waals surface area contributed by atoms with Crippen molar-refractivity contribution in [1.29, 1.82) is 0 Å². The number of aliphatic carboxylic acids is 1. The largest absolute Gasteiger partial charge is 0.481 e. The summed E-state index contributed by atoms with van der Waals surface area (Å²) in [6.07, 6.45) is 9.83. The van der Waals surface area contributed by atoms with Gasteiger partial charge in [0.2, 0.25) is 5.91 Å². The van der Waals surface area contributed by atoms with Gasteiger partial charge in [-0.15, -0.1) is 0 Å². The molecule has 1 aliphatic heterocycles. The number of carboxylic acid groups (broad SMARTS) is 1. The summed E-state index contributed by atoms with van der Waals surface area (Å²) in [6.45, 7) is 0.739. The predicted octanol–water partition coefficient (Wildman–Crippen LogP) is 4.61. The van der Waals surface area contributed by atoms with Crippen molar-refractivity contribution in [3.05, 3.63) is 35.4 Å². The van der Waals surface area contributed by atoms with Gasteiger partial charge in [0.05, 0.1) is 18.6 Å². The Morgan fingerprint density at radius 1 is 1.04 bits per heavy atom. The zero-order chi connectivity index (χ0) is 19.9. The van der Waals surface area contributed by atoms with E-state index < -0.39 is 5.97 Å². The number of aliphatic hydroxyl groups is 1. The average Bonchev–Trinajstić information content (AvgIpc) is 2.71. The SMILES string of the molecule is O=C(O)CCCCCCN1C(=O)C[C@@H]1c1ccc(C(O)C2CCCCC2)cc1. The summed E-state index contributed by atoms with van der Waals surface area (Å²) in [4.78, 5) is 24.5. The molecule has 3 rings (SSSR count). The number of rotatable bonds is 10. The van der Waals surface area contributed by atoms with E-state index in [9.17, 15) is 14.7 Å². The van der Waals surface area contributed by atoms with Crippen LogP contribution in [0.5, 0.6) is 0 Å². The lowest BCUT2D eigenvalue weighted by atomic mass is 9.82. The Morgan fingerprint density at radius 2 is 1.71 bits per heavy atom. The molecule has 28 heavy (non-hydrogen) atoms. The number of aliphatic hydroxyl groups excluding tert-OH is 1. The number of unbranched alkanes of at least 4 members (excludes halogenated alkanes) is 3. The maximum atomic E-state index is 12.0. The molecule has 0 aromatic heterocycles. The Hall–Kier alpha value is -1.88. The number of nitrogens with zero attached hydrogens (tertiary/aromatic N) is 1. The number of hydrogen-bond acceptors (Lipinski definition) is 3. The number of hydrogen-bond donors (Lipinski definition) is 2. The summed E-state index contributed by atoms with van der Waals surface area (Å²) in [7, 11) is 0. The van der Waals surface area contributed by atoms with E-state index in [2.05, 4.69) is 12.1 Å². The highest BCUT2D eigenvalue weighted by molar-refractivity contribution is 5.83. The van der Waals surface area contributed by atoms with E-state index >= 15 is 0 Å². The molecule has 1 aromatic rings. The normalized spacial score (nSPS) is 21.4. The van der Waals surface area contributed by atoms with Crippen molar-refractivity contribution in [2.45, 2.75) is 82.8 Å². The summed E-state index contributed by atoms with van der Waals surface area (Å²) in [5.74, 6) is -0.167. The van der Waals surface area contributed by atoms with Gasteiger partial charge in [0, 0.05) is 13.0 Å². The molecule has 1 saturated carbocycles. The quantitative estimate of drug-likeness (QED) is 0.454. The average molecular weight is 388 g/mol. The molecule has 2 atom stereocenters. The van der Waals surface area contributed by atoms with Gasteiger partial charge in [-0.2, -0.15) is 0 Å². The van der Waals surface area contributed by atoms with Crippen molar-refractivity contribution < 1.29 is 19.8 Å². The number of amides is 1. The van der Waals surface area contributed by atoms with Crippen LogP contribution in [0.2, 0.25) is 0 Å². The molecule has 1 heterocycles. The van der Waals surface area contributed by atoms with Crippen LogP contribution < -0.4 is 0 Å². The maximum Gasteiger partial charge on any atom is 0.303 e. The van der Waals surface area contributed by atoms with E-state index in [0.29, 0.717) is 18.8 Å². The zero-order valence-corrected chi connectivity index (χ0v) is 16.7. The molecule has 1 amide bonds. The van der Waals surface area contributed by atoms with Crippen LogP contribution in [-0.4, -0.2) is 33.5 Å². The Bertz CT molecular complexity index is 651. The second kappa shape index (κ2) is 10.1. The number of benzene rings is 1. The first kappa shape index (κ1) is 20.8. The molecule has 2 aliphatic rings. The van der Waals surface area contributed by atoms with Gasteiger partial charge in [-0.1, -0.05) is 56.4 Å². The third-order valence-electron chi connectivity index (χ3n) is 6.36. The summed E-state index contributed by atoms with van der Waals surface area (Å²) in [5, 5.41) is 19.3. The standard InChI is InChI=1S/C23H33NO4/c25-21-16-20(24(21)15-7-2-1-6-10-22(26)27)17-11-13-19(14-12-17)23(28)18-8-4-3-5-9-18/h11-14,18,20,23,28H,1-10,15-16H2,(H,26,27)/t20-,23?/m1/s1. The van der Waals surface area contributed by atoms with Crippen LogP contribution in [0.25, 0.3) is 0 Å². The summed E-state index contributed by atoms with van der Waals surface area (Å²) in [6, 6.07) is 8.34. The number of carbonyl (C=O) groups is 2. The third-order valence-corrected chi connectivity index (χ3v) is 6.36. The second-order valence-corrected chi connectivity index (χ2v) is 8.37. The highest BCUT2D eigenvalue weighted by atomic mass is 16.4. The minimum atomic E-state index is -0.741. The third kappa shape index (κ3) is 5.34. The topological polar surface area (TPSA) is 77.8 Å². The van der Waals surface area contributed by atoms with Crippen molar-refractivity contribution >= 4 is 11.9 Å². The highest BCUT2D eigenvalue weighted by Gasteiger charge is 2.36. The van der Waals surface area contributed by atoms with Crippen LogP contribution in [0, 0.1) is 5.92 Å². The first-order chi connectivity index (χ1) is 13.6. The second-order valence-electron chi connectivity index (χ2n) is 8.37. The monoisotopic (exact) mass is 387 g/mol. The summed E-state index contributed by atoms with van der Waals surface area (Å²) < 4.78 is 0. The summed E-state index contributed by atoms with van der Waals surface area (Å²) >= 11 is 0. The number of carboxylic acids is 1. The molecule has 0 spiro atoms. The number of carbonyl (C=O) groups excluding carboxylic acids is 1. The zero-order valence-electron chi connectivity index (χ0n) is 16.7. The van der Waals surface area contributed by atoms with E-state index in [1.165, 1.54) is 19.3 Å². The van der Waals surface area contributed by atoms with Gasteiger partial charge in [-0.3, -0.25) is 9.59 Å². The lowest BCUT2D eigenvalue weighted by molar-refractivity contribution is -0.146. The fraction of sp³-hybridized carbons (Fsp3) is 0.652. The minimum Gasteiger partial charge on any atom is -0.481 e. The Labute approximate surface area is 167 Å². The van der Waals surface area contributed by atoms with Gasteiger partial charge in [0.1, 0.15) is 0 Å². The van der Waals surface area contributed by atoms with Crippen molar-refractivity contribution in [3.8, 4) is 0 Å². The fourth-order valence-corrected chi connectivity index (χ4v) is 4.58. The summed E-state index contributed by atoms with van der Waals surface area (Å²) in [5.41, 5.74) is 2.14. The van der Waals surface area contributed by atoms with Crippen LogP contribution in [0.3, 0.4) is 0 Å². The van der Waals surface area contributed by atoms with Crippen molar-refractivity contribution in [2.24, 2.45) is 5.92 Å². The van der Waals surface area contributed by atoms with Gasteiger partial charge in [-0.05, 0) is 42.7 Å². The molecule has 5 nitrogen and oxygen atoms in total. The van der Waals surface area contributed by atoms with Crippen LogP contribution in [0.15, 0.2) is 24.3 Å². The van der Waals surface area contributed by atoms with Gasteiger partial charge >= 0.3 is 5.97 Å². The molecule has 2 N–H and O–H groups in total. The maximum absolute atomic E-state index is 12.0. The van der Waals surface area contributed by atoms with Crippen molar-refractivity contribution in [2.75, 3.05) is 6.54 Å². The van der Waals surface area contributed by atoms with Crippen LogP contribution in [0.4, 0.5) is 0 Å². The number of likely N-dealkylation sites (tertiary alicyclic amines) is 1. The van der Waals surface area contributed by atoms with E-state index in [1.54, 1.807) is 0 Å². The first-order valence-electron chi connectivity index (χ1n) is 10.9. The number of β-lactam (4-membered cyclic amide) rings is 1. The Balaban J connectivity index is 1.47. The van der Waals surface area contributed by atoms with E-state index in [4.69, 9.17) is 5.11 Å². The Morgan fingerprint density at radius 3 is 2.36 bits per heavy atom. The lowest BCUT2D eigenvalue weighted by Gasteiger charge is -2.41. The van der Waals surface area contributed by atoms with Crippen molar-refractivity contribution in [1.82, 2.24) is 4.90 Å². The van der Waals surface area contributed by atoms with Crippen LogP contribution >= 0.6 is 0 Å². The van der Waals surface area contributed by atoms with E-state index in [0.717, 1.165) is 49.8 Å². The van der Waals surface area contributed by atoms with Gasteiger partial charge in [-0.25, -0.2) is 0 Å². The predicted molar refractivity (Wildman–Crippen MR) is 108 cm³/mol. The van der Waals surface area contributed by atoms with E-state index in [1.807, 2.05) is 17.0 Å². The minimum absolute atomic E-state index is 0.146. The fourth-order valence-electron chi connectivity index (χ4n) is 4.58. The molecule has 0 radical (unpaired) electrons. The molecular formula is C23H33NO4. The molecule has 1 aromatic carbocycles. The molecule has 0 bridgehead atoms. The van der Waals surface area contributed by atoms with Crippen LogP contribution in [-0.2, 0) is 9.59 Å². The molecule has 5 heteroatoms. The van der Waals surface area contributed by atoms with E-state index in [-0.39, 0.29) is 24.5 Å². The molecule has 1 saturated heterocycles. The first-order valence-corrected chi connectivity index (χ1v) is 10.9. The van der Waals surface area contributed by atoms with Gasteiger partial charge < -0.3 is 15.1 Å². The Kier molecular flexibility index (Phi) is 7.49. The van der Waals surface area contributed by atoms with Gasteiger partial charge in [0.15, 0.2) is 0 Å². The smallest absolute Gasteiger partial charge is 0.303 e. The molecular weight excluding hydrogens is 354 g/mol. The molecule has 1 unspecified atom stereocenters.